The lowest BCUT2D eigenvalue weighted by Crippen LogP contribution is -2.21. The van der Waals surface area contributed by atoms with Crippen LogP contribution in [0.4, 0.5) is 14.6 Å². The molecule has 0 atom stereocenters. The van der Waals surface area contributed by atoms with Crippen LogP contribution >= 0.6 is 0 Å². The molecule has 0 fully saturated rings. The average molecular weight is 398 g/mol. The van der Waals surface area contributed by atoms with Gasteiger partial charge in [0, 0.05) is 31.4 Å². The molecule has 0 spiro atoms. The van der Waals surface area contributed by atoms with Crippen molar-refractivity contribution in [3.8, 4) is 16.9 Å². The number of hydrogen-bond acceptors (Lipinski definition) is 5. The smallest absolute Gasteiger partial charge is 0.268 e. The number of ketones is 1. The third-order valence-corrected chi connectivity index (χ3v) is 4.51. The predicted molar refractivity (Wildman–Crippen MR) is 103 cm³/mol. The average Bonchev–Trinajstić information content (AvgIpc) is 3.22. The van der Waals surface area contributed by atoms with Gasteiger partial charge in [-0.05, 0) is 30.7 Å². The summed E-state index contributed by atoms with van der Waals surface area (Å²) in [5.41, 5.74) is 5.88. The van der Waals surface area contributed by atoms with E-state index in [0.717, 1.165) is 16.7 Å². The number of pyridine rings is 1. The van der Waals surface area contributed by atoms with Gasteiger partial charge in [-0.15, -0.1) is 0 Å². The van der Waals surface area contributed by atoms with E-state index in [9.17, 15) is 18.4 Å². The predicted octanol–water partition coefficient (Wildman–Crippen LogP) is 2.11. The zero-order valence-corrected chi connectivity index (χ0v) is 15.5. The number of H-pyrrole nitrogens is 1. The number of anilines is 1. The highest BCUT2D eigenvalue weighted by atomic mass is 19.1. The second-order valence-electron chi connectivity index (χ2n) is 6.74. The summed E-state index contributed by atoms with van der Waals surface area (Å²) < 4.78 is 32.0. The number of hydrogen-bond donors (Lipinski definition) is 2. The van der Waals surface area contributed by atoms with Crippen LogP contribution in [0.5, 0.6) is 0 Å². The minimum Gasteiger partial charge on any atom is -0.382 e. The summed E-state index contributed by atoms with van der Waals surface area (Å²) in [6, 6.07) is 3.76. The maximum Gasteiger partial charge on any atom is 0.268 e. The first kappa shape index (κ1) is 18.5. The molecule has 0 radical (unpaired) electrons. The second-order valence-corrected chi connectivity index (χ2v) is 6.74. The molecule has 0 aliphatic carbocycles. The number of aromatic nitrogens is 5. The minimum atomic E-state index is -0.975. The van der Waals surface area contributed by atoms with Gasteiger partial charge in [0.2, 0.25) is 0 Å². The van der Waals surface area contributed by atoms with Crippen LogP contribution in [0, 0.1) is 11.6 Å². The van der Waals surface area contributed by atoms with Gasteiger partial charge in [0.25, 0.3) is 5.56 Å². The van der Waals surface area contributed by atoms with E-state index in [1.54, 1.807) is 24.0 Å². The van der Waals surface area contributed by atoms with E-state index in [4.69, 9.17) is 5.73 Å². The molecule has 0 saturated carbocycles. The number of rotatable bonds is 4. The molecule has 4 aromatic rings. The maximum atomic E-state index is 14.8. The molecule has 0 aliphatic rings. The summed E-state index contributed by atoms with van der Waals surface area (Å²) in [6.07, 6.45) is 2.86. The first-order valence-electron chi connectivity index (χ1n) is 8.63. The summed E-state index contributed by atoms with van der Waals surface area (Å²) in [5, 5.41) is 10.8. The maximum absolute atomic E-state index is 14.8. The number of carbonyl (C=O) groups excluding carboxylic acids is 1. The Bertz CT molecular complexity index is 1310. The summed E-state index contributed by atoms with van der Waals surface area (Å²) >= 11 is 0. The van der Waals surface area contributed by atoms with Gasteiger partial charge in [0.1, 0.15) is 16.9 Å². The number of nitrogens with one attached hydrogen (secondary N) is 1. The van der Waals surface area contributed by atoms with Crippen LogP contribution in [-0.2, 0) is 18.3 Å². The van der Waals surface area contributed by atoms with Crippen molar-refractivity contribution in [1.82, 2.24) is 24.5 Å². The van der Waals surface area contributed by atoms with Gasteiger partial charge < -0.3 is 5.73 Å². The first-order chi connectivity index (χ1) is 13.8. The number of halogens is 2. The van der Waals surface area contributed by atoms with Crippen molar-refractivity contribution in [2.45, 2.75) is 13.3 Å². The normalized spacial score (nSPS) is 11.3. The van der Waals surface area contributed by atoms with Gasteiger partial charge in [-0.25, -0.2) is 8.78 Å². The molecule has 3 N–H and O–H groups in total. The van der Waals surface area contributed by atoms with Crippen LogP contribution in [0.15, 0.2) is 35.4 Å². The quantitative estimate of drug-likeness (QED) is 0.547. The number of benzene rings is 1. The van der Waals surface area contributed by atoms with Crippen molar-refractivity contribution < 1.29 is 13.6 Å². The lowest BCUT2D eigenvalue weighted by Gasteiger charge is -2.12. The lowest BCUT2D eigenvalue weighted by molar-refractivity contribution is -0.116. The number of nitrogens with two attached hydrogens (primary N) is 1. The van der Waals surface area contributed by atoms with Gasteiger partial charge in [-0.2, -0.15) is 10.2 Å². The Morgan fingerprint density at radius 3 is 2.55 bits per heavy atom. The van der Waals surface area contributed by atoms with Crippen LogP contribution < -0.4 is 11.3 Å². The summed E-state index contributed by atoms with van der Waals surface area (Å²) in [4.78, 5) is 24.2. The Labute approximate surface area is 162 Å². The monoisotopic (exact) mass is 398 g/mol. The molecule has 29 heavy (non-hydrogen) atoms. The Hall–Kier alpha value is -3.82. The van der Waals surface area contributed by atoms with Crippen LogP contribution in [0.1, 0.15) is 12.5 Å². The van der Waals surface area contributed by atoms with Crippen molar-refractivity contribution in [2.24, 2.45) is 7.05 Å². The van der Waals surface area contributed by atoms with E-state index in [1.165, 1.54) is 13.1 Å². The molecule has 8 nitrogen and oxygen atoms in total. The molecule has 148 valence electrons. The molecule has 0 bridgehead atoms. The standard InChI is InChI=1S/C19H16F2N6O2/c1-9(28)5-10-6-12(20)17(13(21)7-10)27-8-11(14-3-4-26(2)25-14)16-15(19(27)29)18(22)24-23-16/h3-4,6-8H,5H2,1-2H3,(H3,22,23,24). The van der Waals surface area contributed by atoms with Gasteiger partial charge in [0.15, 0.2) is 17.5 Å². The van der Waals surface area contributed by atoms with E-state index in [1.807, 2.05) is 0 Å². The van der Waals surface area contributed by atoms with Crippen LogP contribution in [0.25, 0.3) is 27.8 Å². The summed E-state index contributed by atoms with van der Waals surface area (Å²) in [6.45, 7) is 1.32. The van der Waals surface area contributed by atoms with E-state index in [-0.39, 0.29) is 29.0 Å². The van der Waals surface area contributed by atoms with Gasteiger partial charge in [-0.1, -0.05) is 0 Å². The van der Waals surface area contributed by atoms with Gasteiger partial charge >= 0.3 is 0 Å². The summed E-state index contributed by atoms with van der Waals surface area (Å²) in [7, 11) is 1.71. The number of fused-ring (bicyclic) bond motifs is 1. The van der Waals surface area contributed by atoms with Gasteiger partial charge in [-0.3, -0.25) is 23.9 Å². The Morgan fingerprint density at radius 2 is 1.97 bits per heavy atom. The van der Waals surface area contributed by atoms with E-state index < -0.39 is 22.9 Å². The Morgan fingerprint density at radius 1 is 1.28 bits per heavy atom. The van der Waals surface area contributed by atoms with Crippen molar-refractivity contribution in [2.75, 3.05) is 5.73 Å². The third kappa shape index (κ3) is 3.08. The lowest BCUT2D eigenvalue weighted by atomic mass is 10.1. The van der Waals surface area contributed by atoms with Crippen molar-refractivity contribution in [3.63, 3.8) is 0 Å². The second kappa shape index (κ2) is 6.66. The van der Waals surface area contributed by atoms with E-state index in [2.05, 4.69) is 15.3 Å². The Balaban J connectivity index is 2.02. The number of nitrogens with zero attached hydrogens (tertiary/aromatic N) is 4. The highest BCUT2D eigenvalue weighted by Gasteiger charge is 2.22. The van der Waals surface area contributed by atoms with Crippen LogP contribution in [-0.4, -0.2) is 30.3 Å². The van der Waals surface area contributed by atoms with Crippen molar-refractivity contribution in [1.29, 1.82) is 0 Å². The fourth-order valence-corrected chi connectivity index (χ4v) is 3.30. The molecule has 3 aromatic heterocycles. The third-order valence-electron chi connectivity index (χ3n) is 4.51. The molecule has 4 rings (SSSR count). The fourth-order valence-electron chi connectivity index (χ4n) is 3.30. The number of aryl methyl sites for hydroxylation is 1. The number of carbonyl (C=O) groups is 1. The molecular weight excluding hydrogens is 382 g/mol. The molecule has 1 aromatic carbocycles. The molecule has 0 aliphatic heterocycles. The molecule has 0 amide bonds. The topological polar surface area (TPSA) is 112 Å². The van der Waals surface area contributed by atoms with Gasteiger partial charge in [0.05, 0.1) is 11.2 Å². The summed E-state index contributed by atoms with van der Waals surface area (Å²) in [5.74, 6) is -2.28. The highest BCUT2D eigenvalue weighted by molar-refractivity contribution is 5.97. The van der Waals surface area contributed by atoms with E-state index >= 15 is 0 Å². The molecule has 0 saturated heterocycles. The van der Waals surface area contributed by atoms with Crippen molar-refractivity contribution >= 4 is 22.5 Å². The largest absolute Gasteiger partial charge is 0.382 e. The molecule has 3 heterocycles. The molecule has 0 unspecified atom stereocenters. The Kier molecular flexibility index (Phi) is 4.26. The first-order valence-corrected chi connectivity index (χ1v) is 8.63. The zero-order valence-electron chi connectivity index (χ0n) is 15.5. The number of aromatic amines is 1. The minimum absolute atomic E-state index is 0.000217. The van der Waals surface area contributed by atoms with E-state index in [0.29, 0.717) is 16.8 Å². The zero-order chi connectivity index (χ0) is 20.9. The highest BCUT2D eigenvalue weighted by Crippen LogP contribution is 2.28. The number of Topliss-reactive ketones (excluding diaryl/α,β-unsaturated/α-hetero) is 1. The molecule has 10 heteroatoms. The van der Waals surface area contributed by atoms with Crippen LogP contribution in [0.3, 0.4) is 0 Å². The SMILES string of the molecule is CC(=O)Cc1cc(F)c(-n2cc(-c3ccn(C)n3)c3[nH]nc(N)c3c2=O)c(F)c1. The van der Waals surface area contributed by atoms with Crippen molar-refractivity contribution in [3.05, 3.63) is 58.1 Å². The van der Waals surface area contributed by atoms with Crippen LogP contribution in [0.2, 0.25) is 0 Å². The number of nitrogen functional groups attached to an aromatic ring is 1. The molecular formula is C19H16F2N6O2. The fraction of sp³-hybridized carbons (Fsp3) is 0.158.